The lowest BCUT2D eigenvalue weighted by Crippen LogP contribution is -2.22. The molecule has 0 aliphatic carbocycles. The van der Waals surface area contributed by atoms with E-state index in [2.05, 4.69) is 9.97 Å². The van der Waals surface area contributed by atoms with Crippen LogP contribution in [0.2, 0.25) is 5.02 Å². The van der Waals surface area contributed by atoms with Gasteiger partial charge in [0.2, 0.25) is 0 Å². The largest absolute Gasteiger partial charge is 0.467 e. The smallest absolute Gasteiger partial charge is 0.358 e. The predicted octanol–water partition coefficient (Wildman–Crippen LogP) is 1.29. The number of hydrogen-bond acceptors (Lipinski definition) is 4. The van der Waals surface area contributed by atoms with Crippen LogP contribution < -0.4 is 10.4 Å². The molecule has 0 N–H and O–H groups in total. The van der Waals surface area contributed by atoms with Crippen LogP contribution in [0, 0.1) is 0 Å². The van der Waals surface area contributed by atoms with E-state index in [0.717, 1.165) is 0 Å². The molecule has 0 atom stereocenters. The normalized spacial score (nSPS) is 10.1. The Morgan fingerprint density at radius 1 is 1.38 bits per heavy atom. The Morgan fingerprint density at radius 3 is 2.75 bits per heavy atom. The summed E-state index contributed by atoms with van der Waals surface area (Å²) in [5.41, 5.74) is 0.0526. The number of aromatic nitrogens is 3. The fourth-order valence-electron chi connectivity index (χ4n) is 1.23. The summed E-state index contributed by atoms with van der Waals surface area (Å²) < 4.78 is 6.00. The number of nitrogens with zero attached hydrogens (tertiary/aromatic N) is 3. The van der Waals surface area contributed by atoms with Crippen molar-refractivity contribution in [2.75, 3.05) is 7.11 Å². The first kappa shape index (κ1) is 10.6. The average Bonchev–Trinajstić information content (AvgIpc) is 2.30. The number of rotatable bonds is 2. The number of hydrogen-bond donors (Lipinski definition) is 0. The van der Waals surface area contributed by atoms with E-state index in [4.69, 9.17) is 16.3 Å². The SMILES string of the molecule is COc1ncn(-c2ccccc2Cl)c(=O)n1. The van der Waals surface area contributed by atoms with Gasteiger partial charge < -0.3 is 4.74 Å². The maximum Gasteiger partial charge on any atom is 0.358 e. The van der Waals surface area contributed by atoms with Crippen LogP contribution in [-0.4, -0.2) is 21.6 Å². The molecule has 0 bridgehead atoms. The van der Waals surface area contributed by atoms with Gasteiger partial charge in [-0.2, -0.15) is 4.98 Å². The fraction of sp³-hybridized carbons (Fsp3) is 0.100. The first-order valence-electron chi connectivity index (χ1n) is 4.47. The molecule has 0 saturated carbocycles. The lowest BCUT2D eigenvalue weighted by Gasteiger charge is -2.06. The van der Waals surface area contributed by atoms with E-state index in [1.54, 1.807) is 24.3 Å². The maximum absolute atomic E-state index is 11.6. The number of para-hydroxylation sites is 1. The third kappa shape index (κ3) is 1.90. The molecule has 6 heteroatoms. The first-order valence-corrected chi connectivity index (χ1v) is 4.85. The Morgan fingerprint density at radius 2 is 2.12 bits per heavy atom. The number of methoxy groups -OCH3 is 1. The molecular weight excluding hydrogens is 230 g/mol. The van der Waals surface area contributed by atoms with Crippen LogP contribution in [0.4, 0.5) is 0 Å². The minimum Gasteiger partial charge on any atom is -0.467 e. The molecular formula is C10H8ClN3O2. The van der Waals surface area contributed by atoms with Gasteiger partial charge in [0.05, 0.1) is 17.8 Å². The van der Waals surface area contributed by atoms with Crippen molar-refractivity contribution >= 4 is 11.6 Å². The first-order chi connectivity index (χ1) is 7.72. The molecule has 0 amide bonds. The molecule has 1 aromatic carbocycles. The van der Waals surface area contributed by atoms with Crippen LogP contribution in [0.1, 0.15) is 0 Å². The lowest BCUT2D eigenvalue weighted by atomic mass is 10.3. The van der Waals surface area contributed by atoms with Crippen LogP contribution in [0.3, 0.4) is 0 Å². The van der Waals surface area contributed by atoms with Crippen molar-refractivity contribution in [1.82, 2.24) is 14.5 Å². The van der Waals surface area contributed by atoms with Crippen molar-refractivity contribution in [3.05, 3.63) is 46.1 Å². The van der Waals surface area contributed by atoms with Gasteiger partial charge in [-0.05, 0) is 12.1 Å². The zero-order valence-electron chi connectivity index (χ0n) is 8.42. The van der Waals surface area contributed by atoms with Gasteiger partial charge in [0.15, 0.2) is 0 Å². The molecule has 0 radical (unpaired) electrons. The molecule has 0 aliphatic heterocycles. The van der Waals surface area contributed by atoms with E-state index in [1.165, 1.54) is 18.0 Å². The van der Waals surface area contributed by atoms with Gasteiger partial charge >= 0.3 is 11.7 Å². The third-order valence-corrected chi connectivity index (χ3v) is 2.30. The molecule has 0 unspecified atom stereocenters. The maximum atomic E-state index is 11.6. The van der Waals surface area contributed by atoms with Gasteiger partial charge in [-0.1, -0.05) is 23.7 Å². The second-order valence-corrected chi connectivity index (χ2v) is 3.35. The Hall–Kier alpha value is -1.88. The fourth-order valence-corrected chi connectivity index (χ4v) is 1.46. The number of halogens is 1. The van der Waals surface area contributed by atoms with E-state index in [1.807, 2.05) is 0 Å². The molecule has 82 valence electrons. The van der Waals surface area contributed by atoms with Gasteiger partial charge in [-0.3, -0.25) is 0 Å². The molecule has 2 aromatic rings. The van der Waals surface area contributed by atoms with Gasteiger partial charge in [0.1, 0.15) is 6.33 Å². The van der Waals surface area contributed by atoms with Crippen molar-refractivity contribution in [3.8, 4) is 11.7 Å². The molecule has 5 nitrogen and oxygen atoms in total. The third-order valence-electron chi connectivity index (χ3n) is 1.98. The Labute approximate surface area is 96.3 Å². The Bertz CT molecular complexity index is 568. The summed E-state index contributed by atoms with van der Waals surface area (Å²) in [6.45, 7) is 0. The van der Waals surface area contributed by atoms with Gasteiger partial charge in [0, 0.05) is 0 Å². The van der Waals surface area contributed by atoms with Gasteiger partial charge in [-0.15, -0.1) is 4.98 Å². The molecule has 0 saturated heterocycles. The van der Waals surface area contributed by atoms with Crippen LogP contribution in [-0.2, 0) is 0 Å². The van der Waals surface area contributed by atoms with Crippen molar-refractivity contribution in [2.45, 2.75) is 0 Å². The summed E-state index contributed by atoms with van der Waals surface area (Å²) in [6, 6.07) is 6.99. The highest BCUT2D eigenvalue weighted by Crippen LogP contribution is 2.17. The topological polar surface area (TPSA) is 57.0 Å². The highest BCUT2D eigenvalue weighted by atomic mass is 35.5. The molecule has 0 spiro atoms. The molecule has 16 heavy (non-hydrogen) atoms. The molecule has 0 fully saturated rings. The summed E-state index contributed by atoms with van der Waals surface area (Å²) in [4.78, 5) is 19.1. The van der Waals surface area contributed by atoms with E-state index in [9.17, 15) is 4.79 Å². The van der Waals surface area contributed by atoms with Crippen LogP contribution >= 0.6 is 11.6 Å². The standard InChI is InChI=1S/C10H8ClN3O2/c1-16-9-12-6-14(10(15)13-9)8-5-3-2-4-7(8)11/h2-6H,1H3. The van der Waals surface area contributed by atoms with E-state index in [0.29, 0.717) is 10.7 Å². The Kier molecular flexibility index (Phi) is 2.87. The number of benzene rings is 1. The molecule has 1 heterocycles. The zero-order valence-corrected chi connectivity index (χ0v) is 9.18. The lowest BCUT2D eigenvalue weighted by molar-refractivity contribution is 0.374. The highest BCUT2D eigenvalue weighted by Gasteiger charge is 2.06. The van der Waals surface area contributed by atoms with E-state index >= 15 is 0 Å². The van der Waals surface area contributed by atoms with Crippen molar-refractivity contribution < 1.29 is 4.74 Å². The molecule has 0 aliphatic rings. The van der Waals surface area contributed by atoms with Crippen LogP contribution in [0.15, 0.2) is 35.4 Å². The van der Waals surface area contributed by atoms with Crippen LogP contribution in [0.25, 0.3) is 5.69 Å². The zero-order chi connectivity index (χ0) is 11.5. The molecule has 1 aromatic heterocycles. The van der Waals surface area contributed by atoms with Gasteiger partial charge in [0.25, 0.3) is 0 Å². The Balaban J connectivity index is 2.58. The summed E-state index contributed by atoms with van der Waals surface area (Å²) in [5, 5.41) is 0.457. The quantitative estimate of drug-likeness (QED) is 0.790. The minimum absolute atomic E-state index is 0.0355. The van der Waals surface area contributed by atoms with E-state index in [-0.39, 0.29) is 6.01 Å². The van der Waals surface area contributed by atoms with Gasteiger partial charge in [-0.25, -0.2) is 9.36 Å². The van der Waals surface area contributed by atoms with E-state index < -0.39 is 5.69 Å². The van der Waals surface area contributed by atoms with Crippen LogP contribution in [0.5, 0.6) is 6.01 Å². The van der Waals surface area contributed by atoms with Crippen molar-refractivity contribution in [2.24, 2.45) is 0 Å². The average molecular weight is 238 g/mol. The minimum atomic E-state index is -0.486. The second kappa shape index (κ2) is 4.32. The summed E-state index contributed by atoms with van der Waals surface area (Å²) in [6.07, 6.45) is 1.33. The van der Waals surface area contributed by atoms with Crippen molar-refractivity contribution in [1.29, 1.82) is 0 Å². The summed E-state index contributed by atoms with van der Waals surface area (Å²) >= 11 is 5.96. The monoisotopic (exact) mass is 237 g/mol. The van der Waals surface area contributed by atoms with Crippen molar-refractivity contribution in [3.63, 3.8) is 0 Å². The number of ether oxygens (including phenoxy) is 1. The molecule has 2 rings (SSSR count). The summed E-state index contributed by atoms with van der Waals surface area (Å²) in [5.74, 6) is 0. The second-order valence-electron chi connectivity index (χ2n) is 2.95. The predicted molar refractivity (Wildman–Crippen MR) is 59.2 cm³/mol. The highest BCUT2D eigenvalue weighted by molar-refractivity contribution is 6.32. The summed E-state index contributed by atoms with van der Waals surface area (Å²) in [7, 11) is 1.40.